The molecule has 1 saturated carbocycles. The first-order valence-electron chi connectivity index (χ1n) is 7.68. The van der Waals surface area contributed by atoms with Crippen LogP contribution in [0.15, 0.2) is 36.8 Å². The zero-order valence-electron chi connectivity index (χ0n) is 12.9. The summed E-state index contributed by atoms with van der Waals surface area (Å²) in [5, 5.41) is 9.73. The molecule has 2 aromatic rings. The molecule has 0 unspecified atom stereocenters. The van der Waals surface area contributed by atoms with Crippen molar-refractivity contribution in [2.75, 3.05) is 11.9 Å². The van der Waals surface area contributed by atoms with Gasteiger partial charge in [0, 0.05) is 37.5 Å². The maximum atomic E-state index is 12.0. The van der Waals surface area contributed by atoms with Gasteiger partial charge >= 0.3 is 0 Å². The first kappa shape index (κ1) is 15.2. The number of amides is 2. The van der Waals surface area contributed by atoms with Crippen LogP contribution in [0.2, 0.25) is 0 Å². The molecular formula is C16H19N5O2. The first-order chi connectivity index (χ1) is 11.1. The van der Waals surface area contributed by atoms with Crippen molar-refractivity contribution >= 4 is 17.5 Å². The van der Waals surface area contributed by atoms with Gasteiger partial charge in [-0.3, -0.25) is 9.59 Å². The molecule has 0 aliphatic heterocycles. The van der Waals surface area contributed by atoms with Gasteiger partial charge in [0.15, 0.2) is 5.82 Å². The Hall–Kier alpha value is -2.70. The number of rotatable bonds is 6. The number of nitrogens with zero attached hydrogens (tertiary/aromatic N) is 3. The smallest absolute Gasteiger partial charge is 0.226 e. The lowest BCUT2D eigenvalue weighted by Gasteiger charge is -2.10. The quantitative estimate of drug-likeness (QED) is 0.843. The lowest BCUT2D eigenvalue weighted by Crippen LogP contribution is -2.29. The van der Waals surface area contributed by atoms with Crippen LogP contribution in [-0.2, 0) is 9.59 Å². The van der Waals surface area contributed by atoms with Crippen molar-refractivity contribution < 1.29 is 9.59 Å². The Balaban J connectivity index is 1.53. The molecule has 1 aliphatic rings. The van der Waals surface area contributed by atoms with E-state index in [9.17, 15) is 9.59 Å². The van der Waals surface area contributed by atoms with Crippen LogP contribution in [0.3, 0.4) is 0 Å². The summed E-state index contributed by atoms with van der Waals surface area (Å²) in [7, 11) is 0. The van der Waals surface area contributed by atoms with Crippen LogP contribution >= 0.6 is 0 Å². The van der Waals surface area contributed by atoms with E-state index in [1.54, 1.807) is 41.5 Å². The summed E-state index contributed by atoms with van der Waals surface area (Å²) in [4.78, 5) is 28.0. The predicted molar refractivity (Wildman–Crippen MR) is 84.9 cm³/mol. The predicted octanol–water partition coefficient (Wildman–Crippen LogP) is 1.37. The van der Waals surface area contributed by atoms with E-state index in [4.69, 9.17) is 0 Å². The number of aromatic nitrogens is 3. The minimum absolute atomic E-state index is 0.0453. The average Bonchev–Trinajstić information content (AvgIpc) is 3.04. The molecule has 7 nitrogen and oxygen atoms in total. The topological polar surface area (TPSA) is 88.9 Å². The van der Waals surface area contributed by atoms with Crippen LogP contribution in [-0.4, -0.2) is 33.1 Å². The Morgan fingerprint density at radius 2 is 2.17 bits per heavy atom. The highest BCUT2D eigenvalue weighted by molar-refractivity contribution is 5.92. The van der Waals surface area contributed by atoms with Crippen molar-refractivity contribution in [1.82, 2.24) is 20.1 Å². The summed E-state index contributed by atoms with van der Waals surface area (Å²) in [5.41, 5.74) is 0.586. The second-order valence-corrected chi connectivity index (χ2v) is 5.73. The lowest BCUT2D eigenvalue weighted by atomic mass is 10.3. The monoisotopic (exact) mass is 313 g/mol. The van der Waals surface area contributed by atoms with Crippen LogP contribution in [0.25, 0.3) is 5.82 Å². The summed E-state index contributed by atoms with van der Waals surface area (Å²) < 4.78 is 1.59. The van der Waals surface area contributed by atoms with Crippen molar-refractivity contribution in [3.8, 4) is 5.82 Å². The van der Waals surface area contributed by atoms with Crippen LogP contribution < -0.4 is 10.6 Å². The number of hydrogen-bond donors (Lipinski definition) is 2. The van der Waals surface area contributed by atoms with E-state index in [2.05, 4.69) is 27.6 Å². The van der Waals surface area contributed by atoms with E-state index in [-0.39, 0.29) is 24.2 Å². The minimum Gasteiger partial charge on any atom is -0.355 e. The van der Waals surface area contributed by atoms with Gasteiger partial charge in [0.1, 0.15) is 0 Å². The molecule has 0 radical (unpaired) electrons. The Morgan fingerprint density at radius 3 is 2.87 bits per heavy atom. The number of pyridine rings is 1. The van der Waals surface area contributed by atoms with E-state index >= 15 is 0 Å². The molecule has 23 heavy (non-hydrogen) atoms. The fraction of sp³-hybridized carbons (Fsp3) is 0.375. The fourth-order valence-electron chi connectivity index (χ4n) is 2.40. The molecule has 0 aromatic carbocycles. The number of carbonyl (C=O) groups excluding carboxylic acids is 2. The van der Waals surface area contributed by atoms with Gasteiger partial charge in [0.25, 0.3) is 0 Å². The lowest BCUT2D eigenvalue weighted by molar-refractivity contribution is -0.122. The molecule has 0 spiro atoms. The van der Waals surface area contributed by atoms with Crippen LogP contribution in [0.1, 0.15) is 19.8 Å². The second-order valence-electron chi connectivity index (χ2n) is 5.73. The molecule has 7 heteroatoms. The van der Waals surface area contributed by atoms with E-state index in [0.717, 1.165) is 6.42 Å². The highest BCUT2D eigenvalue weighted by Crippen LogP contribution is 2.37. The maximum Gasteiger partial charge on any atom is 0.226 e. The van der Waals surface area contributed by atoms with Crippen molar-refractivity contribution in [2.45, 2.75) is 19.8 Å². The molecular weight excluding hydrogens is 294 g/mol. The average molecular weight is 313 g/mol. The maximum absolute atomic E-state index is 12.0. The van der Waals surface area contributed by atoms with Gasteiger partial charge in [-0.05, 0) is 30.5 Å². The van der Waals surface area contributed by atoms with Gasteiger partial charge in [0.2, 0.25) is 11.8 Å². The Kier molecular flexibility index (Phi) is 4.36. The van der Waals surface area contributed by atoms with Crippen molar-refractivity contribution in [2.24, 2.45) is 11.8 Å². The van der Waals surface area contributed by atoms with Crippen molar-refractivity contribution in [3.63, 3.8) is 0 Å². The van der Waals surface area contributed by atoms with Gasteiger partial charge in [-0.15, -0.1) is 0 Å². The summed E-state index contributed by atoms with van der Waals surface area (Å²) in [5.74, 6) is 1.03. The minimum atomic E-state index is -0.171. The highest BCUT2D eigenvalue weighted by atomic mass is 16.2. The molecule has 0 bridgehead atoms. The summed E-state index contributed by atoms with van der Waals surface area (Å²) in [6, 6.07) is 5.31. The molecule has 2 aromatic heterocycles. The molecule has 2 N–H and O–H groups in total. The molecule has 2 heterocycles. The Morgan fingerprint density at radius 1 is 1.35 bits per heavy atom. The standard InChI is InChI=1S/C16H19N5O2/c1-11-10-12(11)16(23)18-8-5-14(22)20-13-4-2-6-17-15(13)21-9-3-7-19-21/h2-4,6-7,9,11-12H,5,8,10H2,1H3,(H,18,23)(H,20,22)/t11-,12+/m1/s1. The third kappa shape index (κ3) is 3.74. The number of carbonyl (C=O) groups is 2. The van der Waals surface area contributed by atoms with Gasteiger partial charge in [-0.25, -0.2) is 9.67 Å². The number of hydrogen-bond acceptors (Lipinski definition) is 4. The SMILES string of the molecule is C[C@@H]1C[C@@H]1C(=O)NCCC(=O)Nc1cccnc1-n1cccn1. The highest BCUT2D eigenvalue weighted by Gasteiger charge is 2.38. The molecule has 120 valence electrons. The van der Waals surface area contributed by atoms with Crippen LogP contribution in [0.5, 0.6) is 0 Å². The third-order valence-corrected chi connectivity index (χ3v) is 3.88. The second kappa shape index (κ2) is 6.60. The largest absolute Gasteiger partial charge is 0.355 e. The summed E-state index contributed by atoms with van der Waals surface area (Å²) >= 11 is 0. The van der Waals surface area contributed by atoms with Crippen LogP contribution in [0.4, 0.5) is 5.69 Å². The van der Waals surface area contributed by atoms with Crippen LogP contribution in [0, 0.1) is 11.8 Å². The molecule has 2 amide bonds. The molecule has 0 saturated heterocycles. The van der Waals surface area contributed by atoms with Crippen molar-refractivity contribution in [3.05, 3.63) is 36.8 Å². The van der Waals surface area contributed by atoms with Gasteiger partial charge in [-0.2, -0.15) is 5.10 Å². The summed E-state index contributed by atoms with van der Waals surface area (Å²) in [6.45, 7) is 2.39. The van der Waals surface area contributed by atoms with E-state index < -0.39 is 0 Å². The van der Waals surface area contributed by atoms with Gasteiger partial charge in [0.05, 0.1) is 5.69 Å². The number of nitrogens with one attached hydrogen (secondary N) is 2. The van der Waals surface area contributed by atoms with Crippen molar-refractivity contribution in [1.29, 1.82) is 0 Å². The van der Waals surface area contributed by atoms with E-state index in [1.807, 2.05) is 0 Å². The normalized spacial score (nSPS) is 19.2. The number of anilines is 1. The van der Waals surface area contributed by atoms with Gasteiger partial charge in [-0.1, -0.05) is 6.92 Å². The zero-order valence-corrected chi connectivity index (χ0v) is 12.9. The summed E-state index contributed by atoms with van der Waals surface area (Å²) in [6.07, 6.45) is 6.22. The van der Waals surface area contributed by atoms with E-state index in [0.29, 0.717) is 24.0 Å². The molecule has 1 fully saturated rings. The molecule has 3 rings (SSSR count). The Bertz CT molecular complexity index is 698. The van der Waals surface area contributed by atoms with Gasteiger partial charge < -0.3 is 10.6 Å². The molecule has 2 atom stereocenters. The Labute approximate surface area is 134 Å². The molecule has 1 aliphatic carbocycles. The van der Waals surface area contributed by atoms with E-state index in [1.165, 1.54) is 0 Å². The zero-order chi connectivity index (χ0) is 16.2. The fourth-order valence-corrected chi connectivity index (χ4v) is 2.40. The third-order valence-electron chi connectivity index (χ3n) is 3.88. The first-order valence-corrected chi connectivity index (χ1v) is 7.68.